The molecule has 0 aromatic rings. The normalized spacial score (nSPS) is 23.3. The minimum atomic E-state index is 0.112. The van der Waals surface area contributed by atoms with Crippen LogP contribution < -0.4 is 5.73 Å². The number of nitrogens with zero attached hydrogens (tertiary/aromatic N) is 1. The van der Waals surface area contributed by atoms with Crippen molar-refractivity contribution in [2.24, 2.45) is 17.6 Å². The van der Waals surface area contributed by atoms with E-state index in [9.17, 15) is 4.79 Å². The molecule has 0 saturated heterocycles. The summed E-state index contributed by atoms with van der Waals surface area (Å²) in [6, 6.07) is 0.112. The zero-order chi connectivity index (χ0) is 10.8. The van der Waals surface area contributed by atoms with Crippen LogP contribution in [0, 0.1) is 11.8 Å². The molecule has 1 amide bonds. The summed E-state index contributed by atoms with van der Waals surface area (Å²) in [5, 5.41) is 0. The van der Waals surface area contributed by atoms with Crippen molar-refractivity contribution in [2.75, 3.05) is 13.6 Å². The lowest BCUT2D eigenvalue weighted by molar-refractivity contribution is -0.131. The van der Waals surface area contributed by atoms with E-state index >= 15 is 0 Å². The third-order valence-electron chi connectivity index (χ3n) is 3.82. The van der Waals surface area contributed by atoms with Gasteiger partial charge < -0.3 is 10.6 Å². The molecule has 2 rings (SSSR count). The molecule has 15 heavy (non-hydrogen) atoms. The van der Waals surface area contributed by atoms with Gasteiger partial charge in [-0.15, -0.1) is 0 Å². The molecule has 0 bridgehead atoms. The van der Waals surface area contributed by atoms with Crippen molar-refractivity contribution in [3.63, 3.8) is 0 Å². The van der Waals surface area contributed by atoms with E-state index in [2.05, 4.69) is 0 Å². The molecule has 0 aromatic carbocycles. The Kier molecular flexibility index (Phi) is 3.29. The van der Waals surface area contributed by atoms with Crippen molar-refractivity contribution < 1.29 is 4.79 Å². The molecule has 1 unspecified atom stereocenters. The summed E-state index contributed by atoms with van der Waals surface area (Å²) in [6.07, 6.45) is 6.93. The van der Waals surface area contributed by atoms with Gasteiger partial charge in [0.05, 0.1) is 0 Å². The lowest BCUT2D eigenvalue weighted by Gasteiger charge is -2.30. The van der Waals surface area contributed by atoms with Crippen LogP contribution in [0.1, 0.15) is 38.5 Å². The van der Waals surface area contributed by atoms with Gasteiger partial charge in [-0.1, -0.05) is 6.42 Å². The average Bonchev–Trinajstić information content (AvgIpc) is 2.93. The van der Waals surface area contributed by atoms with Crippen LogP contribution in [0.2, 0.25) is 0 Å². The highest BCUT2D eigenvalue weighted by atomic mass is 16.2. The van der Waals surface area contributed by atoms with Crippen LogP contribution in [0.3, 0.4) is 0 Å². The maximum absolute atomic E-state index is 11.8. The van der Waals surface area contributed by atoms with Crippen molar-refractivity contribution >= 4 is 5.91 Å². The van der Waals surface area contributed by atoms with E-state index in [0.29, 0.717) is 12.3 Å². The zero-order valence-electron chi connectivity index (χ0n) is 9.61. The van der Waals surface area contributed by atoms with Crippen LogP contribution in [0.15, 0.2) is 0 Å². The summed E-state index contributed by atoms with van der Waals surface area (Å²) in [7, 11) is 1.92. The van der Waals surface area contributed by atoms with Crippen LogP contribution in [0.4, 0.5) is 0 Å². The minimum Gasteiger partial charge on any atom is -0.345 e. The molecule has 0 radical (unpaired) electrons. The first-order valence-corrected chi connectivity index (χ1v) is 6.16. The van der Waals surface area contributed by atoms with Gasteiger partial charge in [0.2, 0.25) is 5.91 Å². The van der Waals surface area contributed by atoms with Gasteiger partial charge in [0, 0.05) is 26.1 Å². The molecule has 0 aromatic heterocycles. The Morgan fingerprint density at radius 2 is 2.07 bits per heavy atom. The predicted octanol–water partition coefficient (Wildman–Crippen LogP) is 1.37. The summed E-state index contributed by atoms with van der Waals surface area (Å²) < 4.78 is 0. The van der Waals surface area contributed by atoms with Gasteiger partial charge in [-0.3, -0.25) is 4.79 Å². The SMILES string of the molecule is CN(CC1CCC1)C(=O)CC(N)C1CC1. The van der Waals surface area contributed by atoms with Gasteiger partial charge in [0.1, 0.15) is 0 Å². The average molecular weight is 210 g/mol. The second-order valence-electron chi connectivity index (χ2n) is 5.28. The highest BCUT2D eigenvalue weighted by Crippen LogP contribution is 2.33. The van der Waals surface area contributed by atoms with Gasteiger partial charge >= 0.3 is 0 Å². The van der Waals surface area contributed by atoms with Gasteiger partial charge in [-0.25, -0.2) is 0 Å². The molecule has 2 saturated carbocycles. The first kappa shape index (κ1) is 10.9. The molecule has 0 spiro atoms. The number of hydrogen-bond acceptors (Lipinski definition) is 2. The summed E-state index contributed by atoms with van der Waals surface area (Å²) in [5.74, 6) is 1.63. The van der Waals surface area contributed by atoms with Crippen molar-refractivity contribution in [1.82, 2.24) is 4.90 Å². The maximum atomic E-state index is 11.8. The smallest absolute Gasteiger partial charge is 0.223 e. The molecule has 0 aliphatic heterocycles. The molecule has 86 valence electrons. The van der Waals surface area contributed by atoms with Gasteiger partial charge in [-0.2, -0.15) is 0 Å². The van der Waals surface area contributed by atoms with E-state index in [0.717, 1.165) is 12.5 Å². The number of carbonyl (C=O) groups excluding carboxylic acids is 1. The molecular weight excluding hydrogens is 188 g/mol. The monoisotopic (exact) mass is 210 g/mol. The third kappa shape index (κ3) is 2.94. The number of nitrogens with two attached hydrogens (primary N) is 1. The lowest BCUT2D eigenvalue weighted by Crippen LogP contribution is -2.38. The molecule has 3 nitrogen and oxygen atoms in total. The van der Waals surface area contributed by atoms with E-state index in [1.54, 1.807) is 0 Å². The van der Waals surface area contributed by atoms with Crippen LogP contribution >= 0.6 is 0 Å². The second kappa shape index (κ2) is 4.52. The quantitative estimate of drug-likeness (QED) is 0.745. The largest absolute Gasteiger partial charge is 0.345 e. The second-order valence-corrected chi connectivity index (χ2v) is 5.28. The Morgan fingerprint density at radius 3 is 2.53 bits per heavy atom. The summed E-state index contributed by atoms with van der Waals surface area (Å²) in [5.41, 5.74) is 5.95. The number of amides is 1. The number of rotatable bonds is 5. The van der Waals surface area contributed by atoms with Crippen LogP contribution in [-0.4, -0.2) is 30.4 Å². The topological polar surface area (TPSA) is 46.3 Å². The zero-order valence-corrected chi connectivity index (χ0v) is 9.61. The Morgan fingerprint density at radius 1 is 1.40 bits per heavy atom. The van der Waals surface area contributed by atoms with Crippen molar-refractivity contribution in [3.8, 4) is 0 Å². The van der Waals surface area contributed by atoms with E-state index in [1.807, 2.05) is 11.9 Å². The van der Waals surface area contributed by atoms with Gasteiger partial charge in [-0.05, 0) is 37.5 Å². The first-order valence-electron chi connectivity index (χ1n) is 6.16. The molecule has 2 N–H and O–H groups in total. The fourth-order valence-corrected chi connectivity index (χ4v) is 2.21. The van der Waals surface area contributed by atoms with Crippen molar-refractivity contribution in [1.29, 1.82) is 0 Å². The van der Waals surface area contributed by atoms with E-state index < -0.39 is 0 Å². The Labute approximate surface area is 92.0 Å². The first-order chi connectivity index (χ1) is 7.16. The van der Waals surface area contributed by atoms with Gasteiger partial charge in [0.15, 0.2) is 0 Å². The van der Waals surface area contributed by atoms with E-state index in [4.69, 9.17) is 5.73 Å². The van der Waals surface area contributed by atoms with Crippen LogP contribution in [-0.2, 0) is 4.79 Å². The molecule has 3 heteroatoms. The maximum Gasteiger partial charge on any atom is 0.223 e. The lowest BCUT2D eigenvalue weighted by atomic mass is 9.85. The Balaban J connectivity index is 1.68. The summed E-state index contributed by atoms with van der Waals surface area (Å²) >= 11 is 0. The number of hydrogen-bond donors (Lipinski definition) is 1. The molecule has 2 aliphatic rings. The molecular formula is C12H22N2O. The summed E-state index contributed by atoms with van der Waals surface area (Å²) in [6.45, 7) is 0.941. The van der Waals surface area contributed by atoms with E-state index in [1.165, 1.54) is 32.1 Å². The van der Waals surface area contributed by atoms with Crippen LogP contribution in [0.5, 0.6) is 0 Å². The molecule has 2 fully saturated rings. The number of carbonyl (C=O) groups is 1. The van der Waals surface area contributed by atoms with Gasteiger partial charge in [0.25, 0.3) is 0 Å². The van der Waals surface area contributed by atoms with Crippen molar-refractivity contribution in [2.45, 2.75) is 44.6 Å². The fraction of sp³-hybridized carbons (Fsp3) is 0.917. The molecule has 2 aliphatic carbocycles. The highest BCUT2D eigenvalue weighted by molar-refractivity contribution is 5.76. The third-order valence-corrected chi connectivity index (χ3v) is 3.82. The molecule has 1 atom stereocenters. The predicted molar refractivity (Wildman–Crippen MR) is 60.3 cm³/mol. The van der Waals surface area contributed by atoms with Crippen LogP contribution in [0.25, 0.3) is 0 Å². The Hall–Kier alpha value is -0.570. The fourth-order valence-electron chi connectivity index (χ4n) is 2.21. The Bertz CT molecular complexity index is 234. The van der Waals surface area contributed by atoms with E-state index in [-0.39, 0.29) is 11.9 Å². The minimum absolute atomic E-state index is 0.112. The summed E-state index contributed by atoms with van der Waals surface area (Å²) in [4.78, 5) is 13.7. The highest BCUT2D eigenvalue weighted by Gasteiger charge is 2.31. The van der Waals surface area contributed by atoms with Crippen molar-refractivity contribution in [3.05, 3.63) is 0 Å². The molecule has 0 heterocycles. The standard InChI is InChI=1S/C12H22N2O/c1-14(8-9-3-2-4-9)12(15)7-11(13)10-5-6-10/h9-11H,2-8,13H2,1H3.